The Morgan fingerprint density at radius 3 is 2.12 bits per heavy atom. The van der Waals surface area contributed by atoms with Gasteiger partial charge in [-0.3, -0.25) is 9.59 Å². The Morgan fingerprint density at radius 2 is 1.56 bits per heavy atom. The van der Waals surface area contributed by atoms with Gasteiger partial charge in [-0.25, -0.2) is 8.78 Å². The molecule has 4 nitrogen and oxygen atoms in total. The number of carbonyl (C=O) groups excluding carboxylic acids is 2. The van der Waals surface area contributed by atoms with Crippen molar-refractivity contribution in [3.63, 3.8) is 0 Å². The molecule has 0 fully saturated rings. The minimum Gasteiger partial charge on any atom is -0.452 e. The third-order valence-electron chi connectivity index (χ3n) is 3.87. The first kappa shape index (κ1) is 18.6. The van der Waals surface area contributed by atoms with E-state index in [1.165, 1.54) is 13.0 Å². The molecule has 0 aliphatic rings. The van der Waals surface area contributed by atoms with Crippen LogP contribution in [0.4, 0.5) is 14.5 Å². The van der Waals surface area contributed by atoms with Gasteiger partial charge in [0.1, 0.15) is 17.3 Å². The summed E-state index contributed by atoms with van der Waals surface area (Å²) in [6, 6.07) is 12.2. The van der Waals surface area contributed by atoms with Gasteiger partial charge in [0.25, 0.3) is 5.91 Å². The number of esters is 1. The maximum atomic E-state index is 13.6. The van der Waals surface area contributed by atoms with E-state index in [1.807, 2.05) is 6.07 Å². The Balaban J connectivity index is 2.07. The van der Waals surface area contributed by atoms with Crippen molar-refractivity contribution < 1.29 is 23.1 Å². The van der Waals surface area contributed by atoms with Crippen molar-refractivity contribution in [2.24, 2.45) is 0 Å². The number of para-hydroxylation sites is 1. The van der Waals surface area contributed by atoms with Crippen molar-refractivity contribution in [3.8, 4) is 0 Å². The van der Waals surface area contributed by atoms with E-state index >= 15 is 0 Å². The summed E-state index contributed by atoms with van der Waals surface area (Å²) in [4.78, 5) is 24.5. The van der Waals surface area contributed by atoms with E-state index < -0.39 is 40.7 Å². The van der Waals surface area contributed by atoms with E-state index in [0.717, 1.165) is 17.7 Å². The molecule has 2 rings (SSSR count). The molecular formula is C19H19F2NO3. The van der Waals surface area contributed by atoms with Gasteiger partial charge in [-0.15, -0.1) is 0 Å². The average Bonchev–Trinajstić information content (AvgIpc) is 2.58. The number of hydrogen-bond donors (Lipinski definition) is 1. The number of amides is 1. The van der Waals surface area contributed by atoms with Crippen LogP contribution >= 0.6 is 0 Å². The number of benzene rings is 2. The van der Waals surface area contributed by atoms with Gasteiger partial charge in [-0.05, 0) is 38.5 Å². The molecule has 132 valence electrons. The van der Waals surface area contributed by atoms with Crippen molar-refractivity contribution in [1.82, 2.24) is 0 Å². The quantitative estimate of drug-likeness (QED) is 0.837. The number of nitrogens with one attached hydrogen (secondary N) is 1. The molecule has 0 radical (unpaired) electrons. The van der Waals surface area contributed by atoms with E-state index in [1.54, 1.807) is 38.1 Å². The number of rotatable bonds is 5. The van der Waals surface area contributed by atoms with Crippen molar-refractivity contribution in [2.75, 3.05) is 5.32 Å². The molecule has 0 saturated carbocycles. The SMILES string of the molecule is C[C@H](OC(=O)C(C)(C)c1ccccc1)C(=O)Nc1c(F)cccc1F. The van der Waals surface area contributed by atoms with Crippen LogP contribution in [0.25, 0.3) is 0 Å². The van der Waals surface area contributed by atoms with Crippen molar-refractivity contribution in [2.45, 2.75) is 32.3 Å². The monoisotopic (exact) mass is 347 g/mol. The predicted molar refractivity (Wildman–Crippen MR) is 90.0 cm³/mol. The topological polar surface area (TPSA) is 55.4 Å². The molecule has 25 heavy (non-hydrogen) atoms. The van der Waals surface area contributed by atoms with Crippen LogP contribution < -0.4 is 5.32 Å². The summed E-state index contributed by atoms with van der Waals surface area (Å²) in [5.74, 6) is -3.25. The van der Waals surface area contributed by atoms with Gasteiger partial charge < -0.3 is 10.1 Å². The van der Waals surface area contributed by atoms with Gasteiger partial charge in [0.2, 0.25) is 0 Å². The molecule has 2 aromatic carbocycles. The van der Waals surface area contributed by atoms with Gasteiger partial charge in [0, 0.05) is 0 Å². The fraction of sp³-hybridized carbons (Fsp3) is 0.263. The fourth-order valence-corrected chi connectivity index (χ4v) is 2.18. The minimum atomic E-state index is -1.21. The molecule has 0 unspecified atom stereocenters. The smallest absolute Gasteiger partial charge is 0.316 e. The first-order chi connectivity index (χ1) is 11.7. The summed E-state index contributed by atoms with van der Waals surface area (Å²) < 4.78 is 32.4. The van der Waals surface area contributed by atoms with E-state index in [0.29, 0.717) is 0 Å². The molecule has 0 aromatic heterocycles. The van der Waals surface area contributed by atoms with Gasteiger partial charge >= 0.3 is 5.97 Å². The van der Waals surface area contributed by atoms with Crippen LogP contribution in [0.1, 0.15) is 26.3 Å². The maximum absolute atomic E-state index is 13.6. The lowest BCUT2D eigenvalue weighted by atomic mass is 9.85. The van der Waals surface area contributed by atoms with Gasteiger partial charge in [0.15, 0.2) is 6.10 Å². The number of ether oxygens (including phenoxy) is 1. The Morgan fingerprint density at radius 1 is 1.00 bits per heavy atom. The van der Waals surface area contributed by atoms with Crippen LogP contribution in [0.5, 0.6) is 0 Å². The summed E-state index contributed by atoms with van der Waals surface area (Å²) >= 11 is 0. The van der Waals surface area contributed by atoms with Crippen LogP contribution in [0.2, 0.25) is 0 Å². The second-order valence-electron chi connectivity index (χ2n) is 6.12. The largest absolute Gasteiger partial charge is 0.452 e. The summed E-state index contributed by atoms with van der Waals surface area (Å²) in [6.45, 7) is 4.69. The van der Waals surface area contributed by atoms with Crippen LogP contribution in [0.15, 0.2) is 48.5 Å². The predicted octanol–water partition coefficient (Wildman–Crippen LogP) is 3.81. The molecular weight excluding hydrogens is 328 g/mol. The van der Waals surface area contributed by atoms with Gasteiger partial charge in [-0.2, -0.15) is 0 Å². The third kappa shape index (κ3) is 4.21. The molecule has 0 aliphatic carbocycles. The first-order valence-electron chi connectivity index (χ1n) is 7.75. The molecule has 1 amide bonds. The highest BCUT2D eigenvalue weighted by molar-refractivity contribution is 5.96. The Labute approximate surface area is 144 Å². The Bertz CT molecular complexity index is 755. The third-order valence-corrected chi connectivity index (χ3v) is 3.87. The lowest BCUT2D eigenvalue weighted by Gasteiger charge is -2.25. The summed E-state index contributed by atoms with van der Waals surface area (Å²) in [5, 5.41) is 2.11. The molecule has 0 heterocycles. The highest BCUT2D eigenvalue weighted by Gasteiger charge is 2.34. The summed E-state index contributed by atoms with van der Waals surface area (Å²) in [7, 11) is 0. The minimum absolute atomic E-state index is 0.572. The van der Waals surface area contributed by atoms with E-state index in [9.17, 15) is 18.4 Å². The first-order valence-corrected chi connectivity index (χ1v) is 7.75. The van der Waals surface area contributed by atoms with Crippen LogP contribution in [-0.4, -0.2) is 18.0 Å². The molecule has 0 saturated heterocycles. The lowest BCUT2D eigenvalue weighted by Crippen LogP contribution is -2.38. The Kier molecular flexibility index (Phi) is 5.51. The molecule has 0 aliphatic heterocycles. The zero-order valence-electron chi connectivity index (χ0n) is 14.2. The highest BCUT2D eigenvalue weighted by Crippen LogP contribution is 2.25. The number of carbonyl (C=O) groups is 2. The van der Waals surface area contributed by atoms with Crippen molar-refractivity contribution in [1.29, 1.82) is 0 Å². The normalized spacial score (nSPS) is 12.4. The van der Waals surface area contributed by atoms with Crippen molar-refractivity contribution >= 4 is 17.6 Å². The molecule has 6 heteroatoms. The standard InChI is InChI=1S/C19H19F2NO3/c1-12(17(23)22-16-14(20)10-7-11-15(16)21)25-18(24)19(2,3)13-8-5-4-6-9-13/h4-12H,1-3H3,(H,22,23)/t12-/m0/s1. The van der Waals surface area contributed by atoms with E-state index in [-0.39, 0.29) is 0 Å². The molecule has 0 bridgehead atoms. The second-order valence-corrected chi connectivity index (χ2v) is 6.12. The fourth-order valence-electron chi connectivity index (χ4n) is 2.18. The lowest BCUT2D eigenvalue weighted by molar-refractivity contribution is -0.158. The van der Waals surface area contributed by atoms with E-state index in [2.05, 4.69) is 5.32 Å². The van der Waals surface area contributed by atoms with Gasteiger partial charge in [0.05, 0.1) is 5.41 Å². The number of hydrogen-bond acceptors (Lipinski definition) is 3. The average molecular weight is 347 g/mol. The van der Waals surface area contributed by atoms with E-state index in [4.69, 9.17) is 4.74 Å². The van der Waals surface area contributed by atoms with Crippen LogP contribution in [0.3, 0.4) is 0 Å². The molecule has 1 atom stereocenters. The summed E-state index contributed by atoms with van der Waals surface area (Å²) in [6.07, 6.45) is -1.21. The molecule has 2 aromatic rings. The number of anilines is 1. The molecule has 0 spiro atoms. The second kappa shape index (κ2) is 7.42. The molecule has 1 N–H and O–H groups in total. The maximum Gasteiger partial charge on any atom is 0.316 e. The van der Waals surface area contributed by atoms with Gasteiger partial charge in [-0.1, -0.05) is 36.4 Å². The zero-order chi connectivity index (χ0) is 18.6. The number of halogens is 2. The van der Waals surface area contributed by atoms with Crippen LogP contribution in [0, 0.1) is 11.6 Å². The van der Waals surface area contributed by atoms with Crippen molar-refractivity contribution in [3.05, 3.63) is 65.7 Å². The van der Waals surface area contributed by atoms with Crippen LogP contribution in [-0.2, 0) is 19.7 Å². The highest BCUT2D eigenvalue weighted by atomic mass is 19.1. The Hall–Kier alpha value is -2.76. The zero-order valence-corrected chi connectivity index (χ0v) is 14.2. The summed E-state index contributed by atoms with van der Waals surface area (Å²) in [5.41, 5.74) is -0.815.